The van der Waals surface area contributed by atoms with Crippen LogP contribution in [0.5, 0.6) is 0 Å². The molecule has 4 nitrogen and oxygen atoms in total. The van der Waals surface area contributed by atoms with E-state index in [-0.39, 0.29) is 5.92 Å². The summed E-state index contributed by atoms with van der Waals surface area (Å²) in [5, 5.41) is 8.47. The third-order valence-electron chi connectivity index (χ3n) is 1.55. The minimum absolute atomic E-state index is 0.0394. The zero-order valence-corrected chi connectivity index (χ0v) is 6.20. The topological polar surface area (TPSA) is 72.5 Å². The molecule has 0 aliphatic carbocycles. The first kappa shape index (κ1) is 9.39. The second kappa shape index (κ2) is 4.24. The molecule has 0 rings (SSSR count). The van der Waals surface area contributed by atoms with Crippen molar-refractivity contribution in [2.24, 2.45) is 11.8 Å². The van der Waals surface area contributed by atoms with Crippen LogP contribution in [0.25, 0.3) is 0 Å². The Morgan fingerprint density at radius 1 is 1.80 bits per heavy atom. The molecule has 2 unspecified atom stereocenters. The molecular formula is C6H13NO3. The Morgan fingerprint density at radius 2 is 2.30 bits per heavy atom. The summed E-state index contributed by atoms with van der Waals surface area (Å²) in [6.07, 6.45) is -0.126. The van der Waals surface area contributed by atoms with Gasteiger partial charge >= 0.3 is 5.97 Å². The minimum atomic E-state index is -1.00. The number of carboxylic acid groups (broad SMARTS) is 1. The van der Waals surface area contributed by atoms with Crippen molar-refractivity contribution < 1.29 is 14.7 Å². The van der Waals surface area contributed by atoms with E-state index < -0.39 is 12.1 Å². The molecule has 0 aromatic carbocycles. The van der Waals surface area contributed by atoms with Crippen molar-refractivity contribution >= 4 is 5.97 Å². The molecule has 10 heavy (non-hydrogen) atoms. The van der Waals surface area contributed by atoms with Gasteiger partial charge in [-0.1, -0.05) is 20.3 Å². The van der Waals surface area contributed by atoms with Crippen LogP contribution in [0.3, 0.4) is 0 Å². The van der Waals surface area contributed by atoms with Gasteiger partial charge in [0.05, 0.1) is 0 Å². The first-order chi connectivity index (χ1) is 4.63. The Morgan fingerprint density at radius 3 is 2.40 bits per heavy atom. The van der Waals surface area contributed by atoms with E-state index in [4.69, 9.17) is 11.0 Å². The lowest BCUT2D eigenvalue weighted by atomic mass is 10.0. The monoisotopic (exact) mass is 147 g/mol. The summed E-state index contributed by atoms with van der Waals surface area (Å²) in [4.78, 5) is 14.6. The molecule has 0 saturated carbocycles. The van der Waals surface area contributed by atoms with Crippen LogP contribution in [-0.2, 0) is 9.63 Å². The fourth-order valence-electron chi connectivity index (χ4n) is 0.650. The Hall–Kier alpha value is -0.610. The Kier molecular flexibility index (Phi) is 3.99. The molecule has 3 N–H and O–H groups in total. The minimum Gasteiger partial charge on any atom is -0.479 e. The van der Waals surface area contributed by atoms with E-state index in [1.807, 2.05) is 6.92 Å². The van der Waals surface area contributed by atoms with Gasteiger partial charge in [-0.3, -0.25) is 4.84 Å². The fourth-order valence-corrected chi connectivity index (χ4v) is 0.650. The van der Waals surface area contributed by atoms with Gasteiger partial charge in [0, 0.05) is 0 Å². The van der Waals surface area contributed by atoms with Gasteiger partial charge < -0.3 is 5.11 Å². The Bertz CT molecular complexity index is 116. The Balaban J connectivity index is 3.92. The van der Waals surface area contributed by atoms with Gasteiger partial charge in [0.25, 0.3) is 0 Å². The van der Waals surface area contributed by atoms with Crippen LogP contribution >= 0.6 is 0 Å². The molecule has 0 saturated heterocycles. The summed E-state index contributed by atoms with van der Waals surface area (Å²) in [6.45, 7) is 3.67. The molecule has 0 radical (unpaired) electrons. The Labute approximate surface area is 59.9 Å². The van der Waals surface area contributed by atoms with Gasteiger partial charge in [-0.15, -0.1) is 0 Å². The standard InChI is InChI=1S/C6H13NO3/c1-3-4(2)5(10-7)6(8)9/h4-5H,3,7H2,1-2H3,(H,8,9). The smallest absolute Gasteiger partial charge is 0.335 e. The molecule has 0 aromatic heterocycles. The van der Waals surface area contributed by atoms with Crippen molar-refractivity contribution in [3.05, 3.63) is 0 Å². The van der Waals surface area contributed by atoms with Gasteiger partial charge in [0.15, 0.2) is 6.10 Å². The first-order valence-corrected chi connectivity index (χ1v) is 3.21. The lowest BCUT2D eigenvalue weighted by Gasteiger charge is -2.14. The number of carbonyl (C=O) groups is 1. The summed E-state index contributed by atoms with van der Waals surface area (Å²) in [7, 11) is 0. The van der Waals surface area contributed by atoms with Crippen molar-refractivity contribution in [1.29, 1.82) is 0 Å². The third-order valence-corrected chi connectivity index (χ3v) is 1.55. The van der Waals surface area contributed by atoms with E-state index in [9.17, 15) is 4.79 Å². The maximum absolute atomic E-state index is 10.3. The average molecular weight is 147 g/mol. The van der Waals surface area contributed by atoms with E-state index in [2.05, 4.69) is 4.84 Å². The predicted octanol–water partition coefficient (Wildman–Crippen LogP) is 0.376. The van der Waals surface area contributed by atoms with E-state index in [1.165, 1.54) is 0 Å². The molecule has 0 aliphatic heterocycles. The highest BCUT2D eigenvalue weighted by atomic mass is 16.6. The highest BCUT2D eigenvalue weighted by Gasteiger charge is 2.23. The molecule has 0 aliphatic rings. The number of aliphatic carboxylic acids is 1. The van der Waals surface area contributed by atoms with Crippen LogP contribution in [-0.4, -0.2) is 17.2 Å². The molecular weight excluding hydrogens is 134 g/mol. The first-order valence-electron chi connectivity index (χ1n) is 3.21. The van der Waals surface area contributed by atoms with Gasteiger partial charge in [0.1, 0.15) is 0 Å². The predicted molar refractivity (Wildman–Crippen MR) is 36.2 cm³/mol. The summed E-state index contributed by atoms with van der Waals surface area (Å²) in [6, 6.07) is 0. The summed E-state index contributed by atoms with van der Waals surface area (Å²) in [5.74, 6) is 3.73. The second-order valence-corrected chi connectivity index (χ2v) is 2.28. The second-order valence-electron chi connectivity index (χ2n) is 2.28. The molecule has 0 spiro atoms. The third kappa shape index (κ3) is 2.33. The van der Waals surface area contributed by atoms with Crippen LogP contribution in [0.4, 0.5) is 0 Å². The van der Waals surface area contributed by atoms with Crippen molar-refractivity contribution in [2.45, 2.75) is 26.4 Å². The zero-order valence-electron chi connectivity index (χ0n) is 6.20. The van der Waals surface area contributed by atoms with E-state index in [0.717, 1.165) is 6.42 Å². The van der Waals surface area contributed by atoms with Crippen molar-refractivity contribution in [1.82, 2.24) is 0 Å². The lowest BCUT2D eigenvalue weighted by Crippen LogP contribution is -2.32. The quantitative estimate of drug-likeness (QED) is 0.564. The summed E-state index contributed by atoms with van der Waals surface area (Å²) >= 11 is 0. The maximum Gasteiger partial charge on any atom is 0.335 e. The van der Waals surface area contributed by atoms with Crippen molar-refractivity contribution in [2.75, 3.05) is 0 Å². The van der Waals surface area contributed by atoms with Crippen LogP contribution in [0, 0.1) is 5.92 Å². The highest BCUT2D eigenvalue weighted by Crippen LogP contribution is 2.09. The van der Waals surface area contributed by atoms with Crippen molar-refractivity contribution in [3.8, 4) is 0 Å². The van der Waals surface area contributed by atoms with E-state index >= 15 is 0 Å². The average Bonchev–Trinajstić information content (AvgIpc) is 1.88. The molecule has 2 atom stereocenters. The lowest BCUT2D eigenvalue weighted by molar-refractivity contribution is -0.154. The largest absolute Gasteiger partial charge is 0.479 e. The molecule has 0 bridgehead atoms. The van der Waals surface area contributed by atoms with Crippen LogP contribution < -0.4 is 5.90 Å². The normalized spacial score (nSPS) is 16.3. The maximum atomic E-state index is 10.3. The van der Waals surface area contributed by atoms with Gasteiger partial charge in [0.2, 0.25) is 0 Å². The summed E-state index contributed by atoms with van der Waals surface area (Å²) in [5.41, 5.74) is 0. The van der Waals surface area contributed by atoms with Crippen molar-refractivity contribution in [3.63, 3.8) is 0 Å². The number of hydrogen-bond acceptors (Lipinski definition) is 3. The highest BCUT2D eigenvalue weighted by molar-refractivity contribution is 5.72. The molecule has 0 heterocycles. The van der Waals surface area contributed by atoms with E-state index in [0.29, 0.717) is 0 Å². The van der Waals surface area contributed by atoms with Crippen LogP contribution in [0.1, 0.15) is 20.3 Å². The number of carboxylic acids is 1. The SMILES string of the molecule is CCC(C)C(ON)C(=O)O. The van der Waals surface area contributed by atoms with Gasteiger partial charge in [-0.05, 0) is 5.92 Å². The molecule has 60 valence electrons. The van der Waals surface area contributed by atoms with Crippen LogP contribution in [0.2, 0.25) is 0 Å². The zero-order chi connectivity index (χ0) is 8.15. The fraction of sp³-hybridized carbons (Fsp3) is 0.833. The molecule has 0 aromatic rings. The van der Waals surface area contributed by atoms with Crippen LogP contribution in [0.15, 0.2) is 0 Å². The molecule has 0 fully saturated rings. The van der Waals surface area contributed by atoms with Gasteiger partial charge in [-0.25, -0.2) is 10.7 Å². The van der Waals surface area contributed by atoms with E-state index in [1.54, 1.807) is 6.92 Å². The molecule has 0 amide bonds. The molecule has 4 heteroatoms. The summed E-state index contributed by atoms with van der Waals surface area (Å²) < 4.78 is 0. The number of hydrogen-bond donors (Lipinski definition) is 2. The number of rotatable bonds is 4. The van der Waals surface area contributed by atoms with Gasteiger partial charge in [-0.2, -0.15) is 0 Å². The number of nitrogens with two attached hydrogens (primary N) is 1.